The van der Waals surface area contributed by atoms with E-state index in [0.717, 1.165) is 0 Å². The Morgan fingerprint density at radius 3 is 1.28 bits per heavy atom. The molecule has 4 heterocycles. The Morgan fingerprint density at radius 2 is 0.897 bits per heavy atom. The molecule has 58 heavy (non-hydrogen) atoms. The van der Waals surface area contributed by atoms with Gasteiger partial charge < -0.3 is 9.80 Å². The summed E-state index contributed by atoms with van der Waals surface area (Å²) in [6.45, 7) is 4.16. The number of hydrogen-bond acceptors (Lipinski definition) is 6. The van der Waals surface area contributed by atoms with Crippen molar-refractivity contribution >= 4 is 46.0 Å². The summed E-state index contributed by atoms with van der Waals surface area (Å²) < 4.78 is 35.4. The number of amides is 2. The van der Waals surface area contributed by atoms with Crippen molar-refractivity contribution in [3.63, 3.8) is 0 Å². The lowest BCUT2D eigenvalue weighted by Crippen LogP contribution is -2.31. The van der Waals surface area contributed by atoms with Crippen LogP contribution in [-0.4, -0.2) is 55.1 Å². The number of aliphatic imine (C=N–C) groups is 2. The third kappa shape index (κ3) is 6.49. The van der Waals surface area contributed by atoms with Crippen LogP contribution < -0.4 is 20.9 Å². The summed E-state index contributed by atoms with van der Waals surface area (Å²) in [6.07, 6.45) is 2.61. The summed E-state index contributed by atoms with van der Waals surface area (Å²) in [5.74, 6) is -1.89. The van der Waals surface area contributed by atoms with E-state index in [2.05, 4.69) is 9.98 Å². The van der Waals surface area contributed by atoms with E-state index in [1.807, 2.05) is 36.4 Å². The molecular weight excluding hydrogens is 743 g/mol. The van der Waals surface area contributed by atoms with Crippen molar-refractivity contribution < 1.29 is 18.4 Å². The van der Waals surface area contributed by atoms with Gasteiger partial charge in [0, 0.05) is 38.3 Å². The second-order valence-corrected chi connectivity index (χ2v) is 14.4. The van der Waals surface area contributed by atoms with Gasteiger partial charge >= 0.3 is 0 Å². The zero-order chi connectivity index (χ0) is 40.8. The smallest absolute Gasteiger partial charge is 0.297 e. The molecule has 2 amide bonds. The minimum Gasteiger partial charge on any atom is -0.306 e. The summed E-state index contributed by atoms with van der Waals surface area (Å²) in [5, 5.41) is 0. The first-order valence-corrected chi connectivity index (χ1v) is 19.0. The predicted octanol–water partition coefficient (Wildman–Crippen LogP) is 6.76. The number of anilines is 2. The number of halogens is 2. The first-order chi connectivity index (χ1) is 28.0. The maximum atomic E-state index is 14.6. The molecule has 0 saturated heterocycles. The highest BCUT2D eigenvalue weighted by atomic mass is 19.1. The first kappa shape index (κ1) is 37.9. The zero-order valence-corrected chi connectivity index (χ0v) is 32.4. The molecule has 0 aliphatic carbocycles. The van der Waals surface area contributed by atoms with Crippen molar-refractivity contribution in [1.82, 2.24) is 18.7 Å². The maximum absolute atomic E-state index is 14.6. The van der Waals surface area contributed by atoms with Gasteiger partial charge in [0.1, 0.15) is 23.1 Å². The number of unbranched alkanes of at least 4 members (excludes halogenated alkanes) is 3. The molecule has 6 aromatic rings. The van der Waals surface area contributed by atoms with E-state index in [1.165, 1.54) is 33.6 Å². The summed E-state index contributed by atoms with van der Waals surface area (Å²) >= 11 is 0. The van der Waals surface area contributed by atoms with Crippen LogP contribution >= 0.6 is 0 Å². The van der Waals surface area contributed by atoms with Crippen LogP contribution in [-0.2, 0) is 23.7 Å². The quantitative estimate of drug-likeness (QED) is 0.135. The molecule has 12 nitrogen and oxygen atoms in total. The van der Waals surface area contributed by atoms with Gasteiger partial charge in [0.25, 0.3) is 22.9 Å². The van der Waals surface area contributed by atoms with Gasteiger partial charge in [0.2, 0.25) is 0 Å². The van der Waals surface area contributed by atoms with E-state index in [0.29, 0.717) is 84.0 Å². The Hall–Kier alpha value is -6.96. The fourth-order valence-electron chi connectivity index (χ4n) is 7.71. The molecular formula is C44H40F2N8O4. The number of carbonyl (C=O) groups is 2. The fraction of sp³-hybridized carbons (Fsp3) is 0.227. The van der Waals surface area contributed by atoms with Crippen LogP contribution in [0, 0.1) is 25.5 Å². The lowest BCUT2D eigenvalue weighted by atomic mass is 10.1. The molecule has 0 radical (unpaired) electrons. The third-order valence-electron chi connectivity index (χ3n) is 10.9. The minimum atomic E-state index is -0.523. The highest BCUT2D eigenvalue weighted by molar-refractivity contribution is 6.55. The minimum absolute atomic E-state index is 0.00491. The number of aromatic nitrogens is 4. The van der Waals surface area contributed by atoms with Gasteiger partial charge in [-0.3, -0.25) is 28.5 Å². The first-order valence-electron chi connectivity index (χ1n) is 19.0. The summed E-state index contributed by atoms with van der Waals surface area (Å²) in [6, 6.07) is 26.4. The monoisotopic (exact) mass is 782 g/mol. The summed E-state index contributed by atoms with van der Waals surface area (Å²) in [7, 11) is 3.48. The van der Waals surface area contributed by atoms with Crippen LogP contribution in [0.25, 0.3) is 11.4 Å². The molecule has 2 aliphatic heterocycles. The number of nitrogens with zero attached hydrogens (tertiary/aromatic N) is 8. The number of hydrogen-bond donors (Lipinski definition) is 0. The van der Waals surface area contributed by atoms with Crippen LogP contribution in [0.3, 0.4) is 0 Å². The molecule has 0 saturated carbocycles. The van der Waals surface area contributed by atoms with Gasteiger partial charge in [0.15, 0.2) is 11.4 Å². The SMILES string of the molecule is Cc1c(N=C2C(=O)N(CCCCCCN3C(=O)C(=Nc4c(C)n(C)n(-c5ccccc5)c4=O)c4cc(F)ccc43)c3ccc(F)cc32)c(=O)n(-c2ccccc2)n1C. The van der Waals surface area contributed by atoms with Gasteiger partial charge in [-0.05, 0) is 87.4 Å². The van der Waals surface area contributed by atoms with E-state index in [4.69, 9.17) is 0 Å². The third-order valence-corrected chi connectivity index (χ3v) is 10.9. The highest BCUT2D eigenvalue weighted by Gasteiger charge is 2.36. The van der Waals surface area contributed by atoms with Crippen molar-refractivity contribution in [2.75, 3.05) is 22.9 Å². The molecule has 8 rings (SSSR count). The van der Waals surface area contributed by atoms with Gasteiger partial charge in [-0.25, -0.2) is 28.1 Å². The molecule has 0 spiro atoms. The van der Waals surface area contributed by atoms with E-state index in [9.17, 15) is 28.0 Å². The lowest BCUT2D eigenvalue weighted by Gasteiger charge is -2.18. The van der Waals surface area contributed by atoms with Crippen molar-refractivity contribution in [3.8, 4) is 11.4 Å². The average Bonchev–Trinajstić information content (AvgIpc) is 3.79. The largest absolute Gasteiger partial charge is 0.306 e. The van der Waals surface area contributed by atoms with E-state index in [1.54, 1.807) is 83.5 Å². The standard InChI is InChI=1S/C44H40F2N8O4/c1-27-37(43(57)53(49(27)3)31-15-9-7-10-16-31)47-39-33-25-29(45)19-21-35(33)51(41(39)55)23-13-5-6-14-24-52-36-22-20-30(46)26-34(36)40(42(52)56)48-38-28(2)50(4)54(44(38)58)32-17-11-8-12-18-32/h7-12,15-22,25-26H,5-6,13-14,23-24H2,1-4H3. The van der Waals surface area contributed by atoms with Crippen LogP contribution in [0.4, 0.5) is 31.5 Å². The van der Waals surface area contributed by atoms with Crippen LogP contribution in [0.2, 0.25) is 0 Å². The fourth-order valence-corrected chi connectivity index (χ4v) is 7.71. The van der Waals surface area contributed by atoms with Gasteiger partial charge in [0.05, 0.1) is 34.1 Å². The lowest BCUT2D eigenvalue weighted by molar-refractivity contribution is -0.113. The molecule has 0 fully saturated rings. The van der Waals surface area contributed by atoms with Gasteiger partial charge in [-0.1, -0.05) is 49.2 Å². The number of para-hydroxylation sites is 2. The molecule has 294 valence electrons. The molecule has 0 bridgehead atoms. The van der Waals surface area contributed by atoms with E-state index >= 15 is 0 Å². The second-order valence-electron chi connectivity index (χ2n) is 14.4. The summed E-state index contributed by atoms with van der Waals surface area (Å²) in [5.41, 5.74) is 3.50. The topological polar surface area (TPSA) is 119 Å². The Labute approximate surface area is 332 Å². The second kappa shape index (κ2) is 15.2. The number of fused-ring (bicyclic) bond motifs is 2. The Balaban J connectivity index is 0.957. The van der Waals surface area contributed by atoms with Crippen molar-refractivity contribution in [1.29, 1.82) is 0 Å². The highest BCUT2D eigenvalue weighted by Crippen LogP contribution is 2.34. The molecule has 4 aromatic carbocycles. The zero-order valence-electron chi connectivity index (χ0n) is 32.4. The van der Waals surface area contributed by atoms with Gasteiger partial charge in [-0.2, -0.15) is 0 Å². The average molecular weight is 783 g/mol. The Bertz CT molecular complexity index is 2610. The molecule has 2 aliphatic rings. The molecule has 2 aromatic heterocycles. The Kier molecular flexibility index (Phi) is 9.93. The van der Waals surface area contributed by atoms with Crippen molar-refractivity contribution in [3.05, 3.63) is 152 Å². The number of carbonyl (C=O) groups excluding carboxylic acids is 2. The predicted molar refractivity (Wildman–Crippen MR) is 220 cm³/mol. The van der Waals surface area contributed by atoms with Crippen LogP contribution in [0.5, 0.6) is 0 Å². The van der Waals surface area contributed by atoms with E-state index < -0.39 is 34.6 Å². The number of rotatable bonds is 11. The van der Waals surface area contributed by atoms with E-state index in [-0.39, 0.29) is 22.8 Å². The van der Waals surface area contributed by atoms with Crippen LogP contribution in [0.1, 0.15) is 48.2 Å². The molecule has 14 heteroatoms. The van der Waals surface area contributed by atoms with Crippen LogP contribution in [0.15, 0.2) is 117 Å². The molecule has 0 N–H and O–H groups in total. The summed E-state index contributed by atoms with van der Waals surface area (Å²) in [4.78, 5) is 67.3. The van der Waals surface area contributed by atoms with Crippen molar-refractivity contribution in [2.24, 2.45) is 24.1 Å². The normalized spacial score (nSPS) is 15.0. The molecule has 0 atom stereocenters. The molecule has 0 unspecified atom stereocenters. The maximum Gasteiger partial charge on any atom is 0.297 e. The van der Waals surface area contributed by atoms with Gasteiger partial charge in [-0.15, -0.1) is 0 Å². The Morgan fingerprint density at radius 1 is 0.517 bits per heavy atom. The van der Waals surface area contributed by atoms with Crippen molar-refractivity contribution in [2.45, 2.75) is 39.5 Å². The number of benzene rings is 4.